The molecule has 0 aromatic heterocycles. The predicted octanol–water partition coefficient (Wildman–Crippen LogP) is 5.11. The Labute approximate surface area is 121 Å². The molecule has 0 aliphatic heterocycles. The maximum atomic E-state index is 5.73. The highest BCUT2D eigenvalue weighted by molar-refractivity contribution is 6.19. The zero-order valence-corrected chi connectivity index (χ0v) is 12.6. The summed E-state index contributed by atoms with van der Waals surface area (Å²) in [5, 5.41) is 0. The summed E-state index contributed by atoms with van der Waals surface area (Å²) < 4.78 is 5.63. The Morgan fingerprint density at radius 2 is 1.84 bits per heavy atom. The average molecular weight is 279 g/mol. The van der Waals surface area contributed by atoms with Gasteiger partial charge in [-0.2, -0.15) is 0 Å². The average Bonchev–Trinajstić information content (AvgIpc) is 2.44. The second-order valence-corrected chi connectivity index (χ2v) is 5.04. The number of rotatable bonds is 8. The summed E-state index contributed by atoms with van der Waals surface area (Å²) in [7, 11) is 0. The van der Waals surface area contributed by atoms with Crippen molar-refractivity contribution in [3.8, 4) is 0 Å². The van der Waals surface area contributed by atoms with E-state index < -0.39 is 0 Å². The van der Waals surface area contributed by atoms with Crippen LogP contribution in [0.15, 0.2) is 53.6 Å². The van der Waals surface area contributed by atoms with E-state index in [0.29, 0.717) is 19.1 Å². The third kappa shape index (κ3) is 7.86. The Morgan fingerprint density at radius 1 is 1.11 bits per heavy atom. The van der Waals surface area contributed by atoms with Gasteiger partial charge >= 0.3 is 0 Å². The van der Waals surface area contributed by atoms with E-state index in [4.69, 9.17) is 16.3 Å². The van der Waals surface area contributed by atoms with Crippen molar-refractivity contribution in [3.05, 3.63) is 59.2 Å². The van der Waals surface area contributed by atoms with Crippen molar-refractivity contribution in [2.24, 2.45) is 0 Å². The first-order valence-electron chi connectivity index (χ1n) is 6.71. The molecule has 1 nitrogen and oxygen atoms in total. The zero-order chi connectivity index (χ0) is 13.9. The smallest absolute Gasteiger partial charge is 0.0721 e. The summed E-state index contributed by atoms with van der Waals surface area (Å²) in [6, 6.07) is 10.2. The molecule has 1 aromatic rings. The molecule has 2 heteroatoms. The molecule has 19 heavy (non-hydrogen) atoms. The van der Waals surface area contributed by atoms with Crippen LogP contribution in [0.4, 0.5) is 0 Å². The SMILES string of the molecule is C/C(=C\CC/C(C)=C/COCc1ccccc1)CCl. The monoisotopic (exact) mass is 278 g/mol. The summed E-state index contributed by atoms with van der Waals surface area (Å²) in [6.45, 7) is 5.57. The fourth-order valence-electron chi connectivity index (χ4n) is 1.66. The maximum Gasteiger partial charge on any atom is 0.0721 e. The normalized spacial score (nSPS) is 12.8. The predicted molar refractivity (Wildman–Crippen MR) is 83.6 cm³/mol. The lowest BCUT2D eigenvalue weighted by Crippen LogP contribution is -1.93. The van der Waals surface area contributed by atoms with Crippen LogP contribution < -0.4 is 0 Å². The summed E-state index contributed by atoms with van der Waals surface area (Å²) in [4.78, 5) is 0. The number of alkyl halides is 1. The van der Waals surface area contributed by atoms with Crippen molar-refractivity contribution >= 4 is 11.6 Å². The van der Waals surface area contributed by atoms with Gasteiger partial charge in [0.2, 0.25) is 0 Å². The van der Waals surface area contributed by atoms with Crippen LogP contribution in [-0.2, 0) is 11.3 Å². The molecule has 1 rings (SSSR count). The van der Waals surface area contributed by atoms with E-state index in [2.05, 4.69) is 38.1 Å². The lowest BCUT2D eigenvalue weighted by atomic mass is 10.1. The number of hydrogen-bond donors (Lipinski definition) is 0. The van der Waals surface area contributed by atoms with Crippen molar-refractivity contribution in [2.45, 2.75) is 33.3 Å². The molecule has 0 unspecified atom stereocenters. The second-order valence-electron chi connectivity index (χ2n) is 4.77. The van der Waals surface area contributed by atoms with Gasteiger partial charge in [0, 0.05) is 5.88 Å². The first-order chi connectivity index (χ1) is 9.22. The van der Waals surface area contributed by atoms with E-state index in [0.717, 1.165) is 12.8 Å². The van der Waals surface area contributed by atoms with Crippen LogP contribution >= 0.6 is 11.6 Å². The van der Waals surface area contributed by atoms with E-state index in [1.807, 2.05) is 18.2 Å². The molecule has 0 aliphatic rings. The molecule has 1 aromatic carbocycles. The summed E-state index contributed by atoms with van der Waals surface area (Å²) in [5.74, 6) is 0.628. The van der Waals surface area contributed by atoms with E-state index in [-0.39, 0.29) is 0 Å². The number of benzene rings is 1. The van der Waals surface area contributed by atoms with Gasteiger partial charge in [0.1, 0.15) is 0 Å². The van der Waals surface area contributed by atoms with Gasteiger partial charge in [-0.3, -0.25) is 0 Å². The van der Waals surface area contributed by atoms with Gasteiger partial charge < -0.3 is 4.74 Å². The van der Waals surface area contributed by atoms with Crippen LogP contribution in [0.25, 0.3) is 0 Å². The van der Waals surface area contributed by atoms with Gasteiger partial charge in [0.15, 0.2) is 0 Å². The third-order valence-corrected chi connectivity index (χ3v) is 3.33. The fourth-order valence-corrected chi connectivity index (χ4v) is 1.76. The highest BCUT2D eigenvalue weighted by Gasteiger charge is 1.92. The topological polar surface area (TPSA) is 9.23 Å². The number of hydrogen-bond acceptors (Lipinski definition) is 1. The Kier molecular flexibility index (Phi) is 8.28. The number of ether oxygens (including phenoxy) is 1. The lowest BCUT2D eigenvalue weighted by molar-refractivity contribution is 0.148. The Balaban J connectivity index is 2.18. The van der Waals surface area contributed by atoms with Crippen molar-refractivity contribution in [2.75, 3.05) is 12.5 Å². The molecular weight excluding hydrogens is 256 g/mol. The van der Waals surface area contributed by atoms with E-state index in [9.17, 15) is 0 Å². The van der Waals surface area contributed by atoms with Crippen LogP contribution in [0.2, 0.25) is 0 Å². The Bertz CT molecular complexity index is 407. The van der Waals surface area contributed by atoms with E-state index >= 15 is 0 Å². The van der Waals surface area contributed by atoms with Gasteiger partial charge in [-0.15, -0.1) is 11.6 Å². The largest absolute Gasteiger partial charge is 0.373 e. The molecular formula is C17H23ClO. The van der Waals surface area contributed by atoms with Crippen molar-refractivity contribution in [3.63, 3.8) is 0 Å². The molecule has 0 radical (unpaired) electrons. The first-order valence-corrected chi connectivity index (χ1v) is 7.24. The first kappa shape index (κ1) is 16.0. The molecule has 0 amide bonds. The molecule has 0 atom stereocenters. The van der Waals surface area contributed by atoms with E-state index in [1.165, 1.54) is 16.7 Å². The van der Waals surface area contributed by atoms with Crippen LogP contribution in [-0.4, -0.2) is 12.5 Å². The molecule has 0 saturated carbocycles. The number of allylic oxidation sites excluding steroid dienone is 3. The molecule has 0 bridgehead atoms. The lowest BCUT2D eigenvalue weighted by Gasteiger charge is -2.03. The fraction of sp³-hybridized carbons (Fsp3) is 0.412. The van der Waals surface area contributed by atoms with Crippen LogP contribution in [0.3, 0.4) is 0 Å². The van der Waals surface area contributed by atoms with Gasteiger partial charge in [-0.25, -0.2) is 0 Å². The Morgan fingerprint density at radius 3 is 2.53 bits per heavy atom. The highest BCUT2D eigenvalue weighted by atomic mass is 35.5. The molecule has 0 aliphatic carbocycles. The van der Waals surface area contributed by atoms with Crippen LogP contribution in [0.5, 0.6) is 0 Å². The quantitative estimate of drug-likeness (QED) is 0.364. The minimum absolute atomic E-state index is 0.628. The van der Waals surface area contributed by atoms with Gasteiger partial charge in [0.25, 0.3) is 0 Å². The van der Waals surface area contributed by atoms with Crippen molar-refractivity contribution < 1.29 is 4.74 Å². The molecule has 0 fully saturated rings. The van der Waals surface area contributed by atoms with Gasteiger partial charge in [-0.05, 0) is 32.3 Å². The second kappa shape index (κ2) is 9.82. The molecule has 0 heterocycles. The van der Waals surface area contributed by atoms with Crippen LogP contribution in [0, 0.1) is 0 Å². The van der Waals surface area contributed by atoms with Crippen molar-refractivity contribution in [1.29, 1.82) is 0 Å². The number of halogens is 1. The molecule has 0 N–H and O–H groups in total. The summed E-state index contributed by atoms with van der Waals surface area (Å²) >= 11 is 5.73. The minimum Gasteiger partial charge on any atom is -0.373 e. The third-order valence-electron chi connectivity index (χ3n) is 2.90. The highest BCUT2D eigenvalue weighted by Crippen LogP contribution is 2.08. The van der Waals surface area contributed by atoms with Gasteiger partial charge in [0.05, 0.1) is 13.2 Å². The van der Waals surface area contributed by atoms with Gasteiger partial charge in [-0.1, -0.05) is 53.6 Å². The zero-order valence-electron chi connectivity index (χ0n) is 11.9. The maximum absolute atomic E-state index is 5.73. The van der Waals surface area contributed by atoms with Crippen molar-refractivity contribution in [1.82, 2.24) is 0 Å². The standard InChI is InChI=1S/C17H23ClO/c1-15(7-6-8-16(2)13-18)11-12-19-14-17-9-4-3-5-10-17/h3-5,8-11H,6-7,12-14H2,1-2H3/b15-11+,16-8+. The van der Waals surface area contributed by atoms with E-state index in [1.54, 1.807) is 0 Å². The minimum atomic E-state index is 0.628. The summed E-state index contributed by atoms with van der Waals surface area (Å²) in [6.07, 6.45) is 6.49. The summed E-state index contributed by atoms with van der Waals surface area (Å²) in [5.41, 5.74) is 3.83. The molecule has 104 valence electrons. The molecule has 0 saturated heterocycles. The Hall–Kier alpha value is -1.05. The van der Waals surface area contributed by atoms with Crippen LogP contribution in [0.1, 0.15) is 32.3 Å². The molecule has 0 spiro atoms.